The fourth-order valence-electron chi connectivity index (χ4n) is 3.08. The Morgan fingerprint density at radius 1 is 1.00 bits per heavy atom. The Hall–Kier alpha value is -2.90. The number of rotatable bonds is 8. The van der Waals surface area contributed by atoms with Crippen LogP contribution in [-0.2, 0) is 11.3 Å². The van der Waals surface area contributed by atoms with Crippen LogP contribution in [0.25, 0.3) is 0 Å². The maximum Gasteiger partial charge on any atom is 0.251 e. The highest BCUT2D eigenvalue weighted by molar-refractivity contribution is 5.99. The van der Waals surface area contributed by atoms with Gasteiger partial charge in [0.2, 0.25) is 0 Å². The molecule has 0 aromatic heterocycles. The third-order valence-corrected chi connectivity index (χ3v) is 4.82. The van der Waals surface area contributed by atoms with E-state index >= 15 is 0 Å². The fraction of sp³-hybridized carbons (Fsp3) is 0.364. The standard InChI is InChI=1S/C22H27N3O4/c1-28-20-7-5-17(6-8-20)16-24-22(27)19-4-2-3-18(15-19)21(26)23-9-10-25-11-13-29-14-12-25/h2-8,15H,9-14,16H2,1H3,(H,23,26)(H,24,27). The molecule has 7 nitrogen and oxygen atoms in total. The number of carbonyl (C=O) groups excluding carboxylic acids is 2. The zero-order valence-electron chi connectivity index (χ0n) is 16.6. The van der Waals surface area contributed by atoms with Gasteiger partial charge in [-0.05, 0) is 35.9 Å². The minimum atomic E-state index is -0.219. The molecule has 0 aliphatic carbocycles. The third kappa shape index (κ3) is 6.30. The summed E-state index contributed by atoms with van der Waals surface area (Å²) in [6, 6.07) is 14.3. The molecule has 0 atom stereocenters. The Morgan fingerprint density at radius 3 is 2.31 bits per heavy atom. The molecule has 2 aromatic rings. The van der Waals surface area contributed by atoms with Gasteiger partial charge in [0, 0.05) is 43.9 Å². The highest BCUT2D eigenvalue weighted by Gasteiger charge is 2.12. The van der Waals surface area contributed by atoms with Crippen LogP contribution < -0.4 is 15.4 Å². The first kappa shape index (κ1) is 20.8. The molecule has 7 heteroatoms. The molecule has 154 valence electrons. The lowest BCUT2D eigenvalue weighted by Gasteiger charge is -2.26. The maximum absolute atomic E-state index is 12.5. The van der Waals surface area contributed by atoms with E-state index in [0.717, 1.165) is 44.2 Å². The molecule has 0 unspecified atom stereocenters. The van der Waals surface area contributed by atoms with Crippen molar-refractivity contribution in [1.29, 1.82) is 0 Å². The normalized spacial score (nSPS) is 14.2. The smallest absolute Gasteiger partial charge is 0.251 e. The number of hydrogen-bond acceptors (Lipinski definition) is 5. The zero-order chi connectivity index (χ0) is 20.5. The Balaban J connectivity index is 1.49. The molecule has 1 heterocycles. The number of hydrogen-bond donors (Lipinski definition) is 2. The number of methoxy groups -OCH3 is 1. The molecule has 1 aliphatic heterocycles. The lowest BCUT2D eigenvalue weighted by molar-refractivity contribution is 0.0383. The minimum Gasteiger partial charge on any atom is -0.497 e. The van der Waals surface area contributed by atoms with Gasteiger partial charge in [0.25, 0.3) is 11.8 Å². The second-order valence-corrected chi connectivity index (χ2v) is 6.82. The van der Waals surface area contributed by atoms with Crippen LogP contribution in [0, 0.1) is 0 Å². The van der Waals surface area contributed by atoms with Gasteiger partial charge < -0.3 is 20.1 Å². The van der Waals surface area contributed by atoms with Crippen LogP contribution in [0.15, 0.2) is 48.5 Å². The molecule has 1 saturated heterocycles. The van der Waals surface area contributed by atoms with Gasteiger partial charge in [-0.2, -0.15) is 0 Å². The van der Waals surface area contributed by atoms with E-state index in [4.69, 9.17) is 9.47 Å². The van der Waals surface area contributed by atoms with E-state index in [9.17, 15) is 9.59 Å². The van der Waals surface area contributed by atoms with Crippen LogP contribution in [0.3, 0.4) is 0 Å². The molecule has 0 bridgehead atoms. The van der Waals surface area contributed by atoms with Crippen molar-refractivity contribution < 1.29 is 19.1 Å². The fourth-order valence-corrected chi connectivity index (χ4v) is 3.08. The highest BCUT2D eigenvalue weighted by Crippen LogP contribution is 2.11. The topological polar surface area (TPSA) is 79.9 Å². The number of nitrogens with one attached hydrogen (secondary N) is 2. The molecular formula is C22H27N3O4. The summed E-state index contributed by atoms with van der Waals surface area (Å²) in [5, 5.41) is 5.79. The Morgan fingerprint density at radius 2 is 1.66 bits per heavy atom. The van der Waals surface area contributed by atoms with Crippen LogP contribution >= 0.6 is 0 Å². The van der Waals surface area contributed by atoms with Crippen molar-refractivity contribution in [3.8, 4) is 5.75 Å². The molecule has 0 spiro atoms. The molecular weight excluding hydrogens is 370 g/mol. The molecule has 3 rings (SSSR count). The molecule has 2 amide bonds. The summed E-state index contributed by atoms with van der Waals surface area (Å²) >= 11 is 0. The van der Waals surface area contributed by atoms with E-state index in [2.05, 4.69) is 15.5 Å². The van der Waals surface area contributed by atoms with Crippen LogP contribution in [0.1, 0.15) is 26.3 Å². The maximum atomic E-state index is 12.5. The molecule has 2 N–H and O–H groups in total. The van der Waals surface area contributed by atoms with Crippen molar-refractivity contribution in [2.24, 2.45) is 0 Å². The van der Waals surface area contributed by atoms with E-state index < -0.39 is 0 Å². The van der Waals surface area contributed by atoms with Crippen LogP contribution in [0.5, 0.6) is 5.75 Å². The van der Waals surface area contributed by atoms with E-state index in [0.29, 0.717) is 24.2 Å². The Kier molecular flexibility index (Phi) is 7.61. The lowest BCUT2D eigenvalue weighted by atomic mass is 10.1. The Labute approximate surface area is 171 Å². The number of amides is 2. The average Bonchev–Trinajstić information content (AvgIpc) is 2.78. The van der Waals surface area contributed by atoms with Gasteiger partial charge in [0.1, 0.15) is 5.75 Å². The summed E-state index contributed by atoms with van der Waals surface area (Å²) in [7, 11) is 1.61. The number of nitrogens with zero attached hydrogens (tertiary/aromatic N) is 1. The molecule has 2 aromatic carbocycles. The van der Waals surface area contributed by atoms with E-state index in [1.54, 1.807) is 31.4 Å². The van der Waals surface area contributed by atoms with Gasteiger partial charge in [-0.1, -0.05) is 18.2 Å². The second-order valence-electron chi connectivity index (χ2n) is 6.82. The third-order valence-electron chi connectivity index (χ3n) is 4.82. The van der Waals surface area contributed by atoms with Crippen molar-refractivity contribution in [3.05, 3.63) is 65.2 Å². The molecule has 1 fully saturated rings. The van der Waals surface area contributed by atoms with Crippen LogP contribution in [0.4, 0.5) is 0 Å². The van der Waals surface area contributed by atoms with Gasteiger partial charge in [-0.15, -0.1) is 0 Å². The predicted molar refractivity (Wildman–Crippen MR) is 110 cm³/mol. The van der Waals surface area contributed by atoms with E-state index in [1.807, 2.05) is 24.3 Å². The minimum absolute atomic E-state index is 0.178. The van der Waals surface area contributed by atoms with Gasteiger partial charge in [0.15, 0.2) is 0 Å². The van der Waals surface area contributed by atoms with Crippen molar-refractivity contribution in [1.82, 2.24) is 15.5 Å². The monoisotopic (exact) mass is 397 g/mol. The summed E-state index contributed by atoms with van der Waals surface area (Å²) < 4.78 is 10.4. The van der Waals surface area contributed by atoms with Crippen molar-refractivity contribution >= 4 is 11.8 Å². The molecule has 0 radical (unpaired) electrons. The predicted octanol–water partition coefficient (Wildman–Crippen LogP) is 1.69. The van der Waals surface area contributed by atoms with Gasteiger partial charge in [-0.3, -0.25) is 14.5 Å². The number of benzene rings is 2. The summed E-state index contributed by atoms with van der Waals surface area (Å²) in [5.41, 5.74) is 1.90. The summed E-state index contributed by atoms with van der Waals surface area (Å²) in [6.45, 7) is 5.01. The SMILES string of the molecule is COc1ccc(CNC(=O)c2cccc(C(=O)NCCN3CCOCC3)c2)cc1. The van der Waals surface area contributed by atoms with Crippen molar-refractivity contribution in [2.75, 3.05) is 46.5 Å². The zero-order valence-corrected chi connectivity index (χ0v) is 16.6. The van der Waals surface area contributed by atoms with Gasteiger partial charge >= 0.3 is 0 Å². The molecule has 1 aliphatic rings. The molecule has 0 saturated carbocycles. The summed E-state index contributed by atoms with van der Waals surface area (Å²) in [4.78, 5) is 27.1. The van der Waals surface area contributed by atoms with Crippen LogP contribution in [-0.4, -0.2) is 63.2 Å². The van der Waals surface area contributed by atoms with Crippen LogP contribution in [0.2, 0.25) is 0 Å². The molecule has 29 heavy (non-hydrogen) atoms. The average molecular weight is 397 g/mol. The number of morpholine rings is 1. The van der Waals surface area contributed by atoms with Crippen molar-refractivity contribution in [2.45, 2.75) is 6.54 Å². The highest BCUT2D eigenvalue weighted by atomic mass is 16.5. The largest absolute Gasteiger partial charge is 0.497 e. The number of ether oxygens (including phenoxy) is 2. The quantitative estimate of drug-likeness (QED) is 0.709. The lowest BCUT2D eigenvalue weighted by Crippen LogP contribution is -2.41. The number of carbonyl (C=O) groups is 2. The summed E-state index contributed by atoms with van der Waals surface area (Å²) in [6.07, 6.45) is 0. The summed E-state index contributed by atoms with van der Waals surface area (Å²) in [5.74, 6) is 0.374. The van der Waals surface area contributed by atoms with Gasteiger partial charge in [0.05, 0.1) is 20.3 Å². The first-order chi connectivity index (χ1) is 14.2. The van der Waals surface area contributed by atoms with Crippen molar-refractivity contribution in [3.63, 3.8) is 0 Å². The second kappa shape index (κ2) is 10.6. The Bertz CT molecular complexity index is 817. The van der Waals surface area contributed by atoms with E-state index in [-0.39, 0.29) is 11.8 Å². The first-order valence-corrected chi connectivity index (χ1v) is 9.75. The van der Waals surface area contributed by atoms with Gasteiger partial charge in [-0.25, -0.2) is 0 Å². The first-order valence-electron chi connectivity index (χ1n) is 9.75. The van der Waals surface area contributed by atoms with E-state index in [1.165, 1.54) is 0 Å².